The van der Waals surface area contributed by atoms with E-state index in [4.69, 9.17) is 5.73 Å². The molecule has 152 valence electrons. The topological polar surface area (TPSA) is 90.9 Å². The second-order valence-corrected chi connectivity index (χ2v) is 8.45. The Bertz CT molecular complexity index is 996. The van der Waals surface area contributed by atoms with Gasteiger partial charge in [0, 0.05) is 18.5 Å². The second-order valence-electron chi connectivity index (χ2n) is 6.56. The molecule has 3 aromatic rings. The molecule has 0 aliphatic rings. The summed E-state index contributed by atoms with van der Waals surface area (Å²) < 4.78 is 1.87. The van der Waals surface area contributed by atoms with Crippen molar-refractivity contribution >= 4 is 34.8 Å². The Labute approximate surface area is 178 Å². The van der Waals surface area contributed by atoms with Crippen molar-refractivity contribution in [2.75, 3.05) is 5.75 Å². The van der Waals surface area contributed by atoms with Crippen molar-refractivity contribution in [1.29, 1.82) is 0 Å². The van der Waals surface area contributed by atoms with Crippen molar-refractivity contribution < 1.29 is 9.59 Å². The Kier molecular flexibility index (Phi) is 7.22. The van der Waals surface area contributed by atoms with Crippen molar-refractivity contribution in [1.82, 2.24) is 14.8 Å². The maximum Gasteiger partial charge on any atom is 0.219 e. The van der Waals surface area contributed by atoms with Crippen LogP contribution < -0.4 is 5.73 Å². The van der Waals surface area contributed by atoms with Gasteiger partial charge in [0.25, 0.3) is 0 Å². The van der Waals surface area contributed by atoms with Gasteiger partial charge in [0.15, 0.2) is 16.8 Å². The zero-order valence-corrected chi connectivity index (χ0v) is 18.2. The van der Waals surface area contributed by atoms with Crippen LogP contribution in [0, 0.1) is 0 Å². The highest BCUT2D eigenvalue weighted by atomic mass is 32.2. The number of hydrogen-bond acceptors (Lipinski definition) is 6. The fourth-order valence-electron chi connectivity index (χ4n) is 3.03. The van der Waals surface area contributed by atoms with Gasteiger partial charge in [0.1, 0.15) is 0 Å². The smallest absolute Gasteiger partial charge is 0.219 e. The predicted molar refractivity (Wildman–Crippen MR) is 117 cm³/mol. The number of carbonyl (C=O) groups excluding carboxylic acids is 2. The Balaban J connectivity index is 1.81. The van der Waals surface area contributed by atoms with Gasteiger partial charge in [-0.3, -0.25) is 9.59 Å². The zero-order valence-electron chi connectivity index (χ0n) is 16.6. The third-order valence-electron chi connectivity index (χ3n) is 4.64. The molecule has 0 spiro atoms. The molecule has 1 amide bonds. The highest BCUT2D eigenvalue weighted by Gasteiger charge is 2.18. The van der Waals surface area contributed by atoms with E-state index in [1.807, 2.05) is 34.2 Å². The molecule has 0 fully saturated rings. The number of thioether (sulfide) groups is 1. The van der Waals surface area contributed by atoms with Crippen LogP contribution in [0.3, 0.4) is 0 Å². The SMILES string of the molecule is CCc1ccc(CC)c(C(=O)CSc2nnc(-c3cccs3)n2CCC(N)=O)c1. The molecule has 0 unspecified atom stereocenters. The molecular formula is C21H24N4O2S2. The first kappa shape index (κ1) is 21.3. The maximum atomic E-state index is 12.9. The van der Waals surface area contributed by atoms with Crippen molar-refractivity contribution in [3.8, 4) is 10.7 Å². The van der Waals surface area contributed by atoms with Crippen LogP contribution in [0.1, 0.15) is 41.8 Å². The molecule has 0 aliphatic heterocycles. The van der Waals surface area contributed by atoms with E-state index in [1.54, 1.807) is 11.3 Å². The van der Waals surface area contributed by atoms with Crippen LogP contribution in [0.25, 0.3) is 10.7 Å². The number of aryl methyl sites for hydroxylation is 2. The molecule has 2 N–H and O–H groups in total. The summed E-state index contributed by atoms with van der Waals surface area (Å²) in [5.74, 6) is 0.647. The molecule has 0 saturated heterocycles. The number of ketones is 1. The van der Waals surface area contributed by atoms with E-state index in [2.05, 4.69) is 30.1 Å². The lowest BCUT2D eigenvalue weighted by molar-refractivity contribution is -0.118. The summed E-state index contributed by atoms with van der Waals surface area (Å²) in [6, 6.07) is 10.0. The quantitative estimate of drug-likeness (QED) is 0.390. The maximum absolute atomic E-state index is 12.9. The average Bonchev–Trinajstić information content (AvgIpc) is 3.39. The lowest BCUT2D eigenvalue weighted by Crippen LogP contribution is -2.15. The van der Waals surface area contributed by atoms with Crippen LogP contribution in [0.15, 0.2) is 40.9 Å². The number of amides is 1. The van der Waals surface area contributed by atoms with E-state index in [0.717, 1.165) is 34.4 Å². The van der Waals surface area contributed by atoms with Crippen LogP contribution in [-0.4, -0.2) is 32.2 Å². The molecule has 0 bridgehead atoms. The molecule has 6 nitrogen and oxygen atoms in total. The van der Waals surface area contributed by atoms with Gasteiger partial charge in [-0.2, -0.15) is 0 Å². The number of nitrogens with zero attached hydrogens (tertiary/aromatic N) is 3. The van der Waals surface area contributed by atoms with Crippen molar-refractivity contribution in [2.24, 2.45) is 5.73 Å². The Morgan fingerprint density at radius 3 is 2.66 bits per heavy atom. The largest absolute Gasteiger partial charge is 0.370 e. The lowest BCUT2D eigenvalue weighted by Gasteiger charge is -2.10. The third kappa shape index (κ3) is 5.13. The van der Waals surface area contributed by atoms with E-state index in [1.165, 1.54) is 11.8 Å². The first-order chi connectivity index (χ1) is 14.0. The third-order valence-corrected chi connectivity index (χ3v) is 6.47. The van der Waals surface area contributed by atoms with Crippen LogP contribution in [0.5, 0.6) is 0 Å². The number of Topliss-reactive ketones (excluding diaryl/α,β-unsaturated/α-hetero) is 1. The summed E-state index contributed by atoms with van der Waals surface area (Å²) in [6.07, 6.45) is 1.90. The zero-order chi connectivity index (χ0) is 20.8. The Hall–Kier alpha value is -2.45. The van der Waals surface area contributed by atoms with Gasteiger partial charge >= 0.3 is 0 Å². The van der Waals surface area contributed by atoms with Gasteiger partial charge in [0.2, 0.25) is 5.91 Å². The van der Waals surface area contributed by atoms with E-state index in [-0.39, 0.29) is 23.9 Å². The molecule has 29 heavy (non-hydrogen) atoms. The number of benzene rings is 1. The number of carbonyl (C=O) groups is 2. The minimum atomic E-state index is -0.383. The summed E-state index contributed by atoms with van der Waals surface area (Å²) in [5, 5.41) is 11.1. The summed E-state index contributed by atoms with van der Waals surface area (Å²) in [6.45, 7) is 4.52. The highest BCUT2D eigenvalue weighted by molar-refractivity contribution is 7.99. The van der Waals surface area contributed by atoms with E-state index >= 15 is 0 Å². The van der Waals surface area contributed by atoms with Crippen molar-refractivity contribution in [3.05, 3.63) is 52.4 Å². The summed E-state index contributed by atoms with van der Waals surface area (Å²) in [5.41, 5.74) is 8.32. The molecule has 0 radical (unpaired) electrons. The normalized spacial score (nSPS) is 11.0. The van der Waals surface area contributed by atoms with E-state index < -0.39 is 0 Å². The van der Waals surface area contributed by atoms with Gasteiger partial charge in [-0.15, -0.1) is 21.5 Å². The van der Waals surface area contributed by atoms with Gasteiger partial charge in [-0.1, -0.05) is 43.8 Å². The van der Waals surface area contributed by atoms with Crippen molar-refractivity contribution in [2.45, 2.75) is 44.8 Å². The molecule has 2 heterocycles. The van der Waals surface area contributed by atoms with Gasteiger partial charge < -0.3 is 10.3 Å². The molecule has 0 atom stereocenters. The minimum absolute atomic E-state index is 0.0734. The average molecular weight is 429 g/mol. The second kappa shape index (κ2) is 9.84. The first-order valence-electron chi connectivity index (χ1n) is 9.56. The number of aromatic nitrogens is 3. The van der Waals surface area contributed by atoms with Crippen LogP contribution in [0.4, 0.5) is 0 Å². The van der Waals surface area contributed by atoms with E-state index in [0.29, 0.717) is 17.5 Å². The number of thiophene rings is 1. The fourth-order valence-corrected chi connectivity index (χ4v) is 4.59. The standard InChI is InChI=1S/C21H24N4O2S2/c1-3-14-7-8-15(4-2)16(12-14)17(26)13-29-21-24-23-20(18-6-5-11-28-18)25(21)10-9-19(22)27/h5-8,11-12H,3-4,9-10,13H2,1-2H3,(H2,22,27). The lowest BCUT2D eigenvalue weighted by atomic mass is 9.98. The first-order valence-corrected chi connectivity index (χ1v) is 11.4. The van der Waals surface area contributed by atoms with Gasteiger partial charge in [0.05, 0.1) is 10.6 Å². The minimum Gasteiger partial charge on any atom is -0.370 e. The molecular weight excluding hydrogens is 404 g/mol. The number of primary amides is 1. The number of nitrogens with two attached hydrogens (primary N) is 1. The molecule has 8 heteroatoms. The molecule has 0 saturated carbocycles. The molecule has 3 rings (SSSR count). The van der Waals surface area contributed by atoms with Crippen LogP contribution >= 0.6 is 23.1 Å². The van der Waals surface area contributed by atoms with Gasteiger partial charge in [-0.25, -0.2) is 0 Å². The summed E-state index contributed by atoms with van der Waals surface area (Å²) in [7, 11) is 0. The van der Waals surface area contributed by atoms with Crippen LogP contribution in [-0.2, 0) is 24.2 Å². The van der Waals surface area contributed by atoms with Crippen LogP contribution in [0.2, 0.25) is 0 Å². The number of hydrogen-bond donors (Lipinski definition) is 1. The van der Waals surface area contributed by atoms with Gasteiger partial charge in [-0.05, 0) is 41.5 Å². The van der Waals surface area contributed by atoms with Crippen molar-refractivity contribution in [3.63, 3.8) is 0 Å². The van der Waals surface area contributed by atoms with E-state index in [9.17, 15) is 9.59 Å². The monoisotopic (exact) mass is 428 g/mol. The Morgan fingerprint density at radius 1 is 1.17 bits per heavy atom. The number of rotatable bonds is 10. The molecule has 1 aromatic carbocycles. The highest BCUT2D eigenvalue weighted by Crippen LogP contribution is 2.28. The predicted octanol–water partition coefficient (Wildman–Crippen LogP) is 3.98. The Morgan fingerprint density at radius 2 is 2.00 bits per heavy atom. The molecule has 2 aromatic heterocycles. The summed E-state index contributed by atoms with van der Waals surface area (Å²) in [4.78, 5) is 25.2. The molecule has 0 aliphatic carbocycles. The fraction of sp³-hybridized carbons (Fsp3) is 0.333. The summed E-state index contributed by atoms with van der Waals surface area (Å²) >= 11 is 2.90.